The lowest BCUT2D eigenvalue weighted by molar-refractivity contribution is 0.183. The van der Waals surface area contributed by atoms with E-state index < -0.39 is 0 Å². The molecule has 0 spiro atoms. The SMILES string of the molecule is CC1CCCC(N)(c2nc(C3CC3(C)C)no2)C1. The molecule has 1 heterocycles. The van der Waals surface area contributed by atoms with E-state index in [-0.39, 0.29) is 5.54 Å². The van der Waals surface area contributed by atoms with E-state index in [2.05, 4.69) is 30.9 Å². The minimum atomic E-state index is -0.387. The number of hydrogen-bond donors (Lipinski definition) is 1. The van der Waals surface area contributed by atoms with Crippen LogP contribution in [-0.4, -0.2) is 10.1 Å². The third kappa shape index (κ3) is 1.96. The van der Waals surface area contributed by atoms with Gasteiger partial charge in [0.15, 0.2) is 5.82 Å². The molecule has 2 aliphatic rings. The van der Waals surface area contributed by atoms with E-state index >= 15 is 0 Å². The van der Waals surface area contributed by atoms with Gasteiger partial charge in [-0.1, -0.05) is 38.8 Å². The van der Waals surface area contributed by atoms with Crippen molar-refractivity contribution in [3.8, 4) is 0 Å². The van der Waals surface area contributed by atoms with Crippen LogP contribution in [0.2, 0.25) is 0 Å². The molecule has 1 aromatic rings. The molecule has 2 aliphatic carbocycles. The summed E-state index contributed by atoms with van der Waals surface area (Å²) in [6.07, 6.45) is 5.50. The van der Waals surface area contributed by atoms with Gasteiger partial charge in [0.2, 0.25) is 5.89 Å². The lowest BCUT2D eigenvalue weighted by Crippen LogP contribution is -2.41. The van der Waals surface area contributed by atoms with Crippen LogP contribution in [0.25, 0.3) is 0 Å². The van der Waals surface area contributed by atoms with Crippen molar-refractivity contribution in [3.05, 3.63) is 11.7 Å². The van der Waals surface area contributed by atoms with Crippen LogP contribution in [0.5, 0.6) is 0 Å². The Bertz CT molecular complexity index is 454. The van der Waals surface area contributed by atoms with Gasteiger partial charge in [-0.3, -0.25) is 0 Å². The van der Waals surface area contributed by atoms with Crippen molar-refractivity contribution in [2.45, 2.75) is 64.3 Å². The highest BCUT2D eigenvalue weighted by atomic mass is 16.5. The van der Waals surface area contributed by atoms with Gasteiger partial charge in [-0.2, -0.15) is 4.98 Å². The molecule has 2 N–H and O–H groups in total. The molecule has 0 saturated heterocycles. The molecule has 2 fully saturated rings. The maximum atomic E-state index is 6.48. The van der Waals surface area contributed by atoms with Crippen molar-refractivity contribution in [2.24, 2.45) is 17.1 Å². The van der Waals surface area contributed by atoms with Crippen molar-refractivity contribution in [1.82, 2.24) is 10.1 Å². The Kier molecular flexibility index (Phi) is 2.56. The molecule has 3 atom stereocenters. The van der Waals surface area contributed by atoms with Crippen LogP contribution >= 0.6 is 0 Å². The number of rotatable bonds is 2. The molecule has 0 radical (unpaired) electrons. The van der Waals surface area contributed by atoms with Gasteiger partial charge in [0.1, 0.15) is 0 Å². The summed E-state index contributed by atoms with van der Waals surface area (Å²) in [5.74, 6) is 2.63. The zero-order valence-electron chi connectivity index (χ0n) is 11.6. The van der Waals surface area contributed by atoms with Gasteiger partial charge >= 0.3 is 0 Å². The maximum Gasteiger partial charge on any atom is 0.246 e. The first-order valence-electron chi connectivity index (χ1n) is 7.04. The molecule has 2 saturated carbocycles. The van der Waals surface area contributed by atoms with E-state index in [4.69, 9.17) is 10.3 Å². The Morgan fingerprint density at radius 1 is 1.33 bits per heavy atom. The zero-order valence-corrected chi connectivity index (χ0v) is 11.6. The first kappa shape index (κ1) is 12.2. The Labute approximate surface area is 108 Å². The van der Waals surface area contributed by atoms with E-state index in [1.54, 1.807) is 0 Å². The number of nitrogens with zero attached hydrogens (tertiary/aromatic N) is 2. The second-order valence-electron chi connectivity index (χ2n) is 7.06. The molecular formula is C14H23N3O. The fourth-order valence-corrected chi connectivity index (χ4v) is 3.27. The summed E-state index contributed by atoms with van der Waals surface area (Å²) in [4.78, 5) is 4.59. The summed E-state index contributed by atoms with van der Waals surface area (Å²) in [7, 11) is 0. The van der Waals surface area contributed by atoms with E-state index in [0.717, 1.165) is 31.5 Å². The minimum absolute atomic E-state index is 0.336. The van der Waals surface area contributed by atoms with Gasteiger partial charge in [-0.05, 0) is 30.6 Å². The highest BCUT2D eigenvalue weighted by Crippen LogP contribution is 2.57. The summed E-state index contributed by atoms with van der Waals surface area (Å²) in [5.41, 5.74) is 6.43. The van der Waals surface area contributed by atoms with Crippen molar-refractivity contribution in [1.29, 1.82) is 0 Å². The molecule has 0 aliphatic heterocycles. The number of nitrogens with two attached hydrogens (primary N) is 1. The van der Waals surface area contributed by atoms with Crippen molar-refractivity contribution in [3.63, 3.8) is 0 Å². The van der Waals surface area contributed by atoms with Gasteiger partial charge in [-0.15, -0.1) is 0 Å². The number of aromatic nitrogens is 2. The molecule has 0 bridgehead atoms. The maximum absolute atomic E-state index is 6.48. The predicted octanol–water partition coefficient (Wildman–Crippen LogP) is 2.95. The highest BCUT2D eigenvalue weighted by Gasteiger charge is 2.50. The summed E-state index contributed by atoms with van der Waals surface area (Å²) in [6.45, 7) is 6.74. The first-order chi connectivity index (χ1) is 8.41. The van der Waals surface area contributed by atoms with Crippen molar-refractivity contribution in [2.75, 3.05) is 0 Å². The quantitative estimate of drug-likeness (QED) is 0.875. The normalized spacial score (nSPS) is 38.7. The Morgan fingerprint density at radius 2 is 2.06 bits per heavy atom. The van der Waals surface area contributed by atoms with E-state index in [1.165, 1.54) is 6.42 Å². The second-order valence-corrected chi connectivity index (χ2v) is 7.06. The Morgan fingerprint density at radius 3 is 2.67 bits per heavy atom. The van der Waals surface area contributed by atoms with Crippen LogP contribution < -0.4 is 5.73 Å². The van der Waals surface area contributed by atoms with E-state index in [1.807, 2.05) is 0 Å². The van der Waals surface area contributed by atoms with E-state index in [0.29, 0.717) is 23.1 Å². The van der Waals surface area contributed by atoms with Gasteiger partial charge in [0.05, 0.1) is 5.54 Å². The van der Waals surface area contributed by atoms with Crippen LogP contribution in [0.3, 0.4) is 0 Å². The fourth-order valence-electron chi connectivity index (χ4n) is 3.27. The lowest BCUT2D eigenvalue weighted by atomic mass is 9.77. The van der Waals surface area contributed by atoms with Gasteiger partial charge in [0, 0.05) is 5.92 Å². The summed E-state index contributed by atoms with van der Waals surface area (Å²) in [5, 5.41) is 4.15. The number of hydrogen-bond acceptors (Lipinski definition) is 4. The molecule has 3 unspecified atom stereocenters. The zero-order chi connectivity index (χ0) is 13.0. The molecule has 4 heteroatoms. The van der Waals surface area contributed by atoms with Crippen molar-refractivity contribution >= 4 is 0 Å². The molecular weight excluding hydrogens is 226 g/mol. The highest BCUT2D eigenvalue weighted by molar-refractivity contribution is 5.16. The van der Waals surface area contributed by atoms with Crippen LogP contribution in [0.1, 0.15) is 70.5 Å². The van der Waals surface area contributed by atoms with Crippen LogP contribution in [-0.2, 0) is 5.54 Å². The van der Waals surface area contributed by atoms with Gasteiger partial charge in [0.25, 0.3) is 0 Å². The van der Waals surface area contributed by atoms with Crippen molar-refractivity contribution < 1.29 is 4.52 Å². The second kappa shape index (κ2) is 3.80. The molecule has 0 amide bonds. The molecule has 1 aromatic heterocycles. The van der Waals surface area contributed by atoms with E-state index in [9.17, 15) is 0 Å². The largest absolute Gasteiger partial charge is 0.337 e. The molecule has 0 aromatic carbocycles. The summed E-state index contributed by atoms with van der Waals surface area (Å²) < 4.78 is 5.46. The minimum Gasteiger partial charge on any atom is -0.337 e. The topological polar surface area (TPSA) is 64.9 Å². The van der Waals surface area contributed by atoms with Gasteiger partial charge < -0.3 is 10.3 Å². The van der Waals surface area contributed by atoms with Crippen LogP contribution in [0.4, 0.5) is 0 Å². The van der Waals surface area contributed by atoms with Crippen LogP contribution in [0, 0.1) is 11.3 Å². The molecule has 4 nitrogen and oxygen atoms in total. The standard InChI is InChI=1S/C14H23N3O/c1-9-5-4-6-14(15,7-9)12-16-11(17-18-12)10-8-13(10,2)3/h9-10H,4-8,15H2,1-3H3. The Hall–Kier alpha value is -0.900. The average Bonchev–Trinajstić information content (AvgIpc) is 2.75. The molecule has 3 rings (SSSR count). The third-order valence-electron chi connectivity index (χ3n) is 4.73. The lowest BCUT2D eigenvalue weighted by Gasteiger charge is -2.33. The average molecular weight is 249 g/mol. The fraction of sp³-hybridized carbons (Fsp3) is 0.857. The smallest absolute Gasteiger partial charge is 0.246 e. The molecule has 100 valence electrons. The Balaban J connectivity index is 1.80. The predicted molar refractivity (Wildman–Crippen MR) is 68.9 cm³/mol. The first-order valence-corrected chi connectivity index (χ1v) is 7.04. The summed E-state index contributed by atoms with van der Waals surface area (Å²) >= 11 is 0. The summed E-state index contributed by atoms with van der Waals surface area (Å²) in [6, 6.07) is 0. The third-order valence-corrected chi connectivity index (χ3v) is 4.73. The van der Waals surface area contributed by atoms with Gasteiger partial charge in [-0.25, -0.2) is 0 Å². The monoisotopic (exact) mass is 249 g/mol. The van der Waals surface area contributed by atoms with Crippen LogP contribution in [0.15, 0.2) is 4.52 Å². The molecule has 18 heavy (non-hydrogen) atoms.